The van der Waals surface area contributed by atoms with Gasteiger partial charge >= 0.3 is 0 Å². The molecule has 0 radical (unpaired) electrons. The van der Waals surface area contributed by atoms with E-state index < -0.39 is 0 Å². The highest BCUT2D eigenvalue weighted by molar-refractivity contribution is 4.71. The highest BCUT2D eigenvalue weighted by atomic mass is 15.1. The maximum atomic E-state index is 3.79. The summed E-state index contributed by atoms with van der Waals surface area (Å²) in [4.78, 5) is 2.62. The summed E-state index contributed by atoms with van der Waals surface area (Å²) in [6.45, 7) is 5.26. The third kappa shape index (κ3) is 5.39. The average molecular weight is 238 g/mol. The molecule has 0 bridgehead atoms. The zero-order valence-corrected chi connectivity index (χ0v) is 11.4. The second-order valence-corrected chi connectivity index (χ2v) is 5.90. The van der Waals surface area contributed by atoms with Gasteiger partial charge in [-0.1, -0.05) is 32.1 Å². The monoisotopic (exact) mass is 238 g/mol. The Hall–Kier alpha value is -0.0800. The second-order valence-electron chi connectivity index (χ2n) is 5.90. The first kappa shape index (κ1) is 13.4. The van der Waals surface area contributed by atoms with Crippen molar-refractivity contribution in [3.8, 4) is 0 Å². The Balaban J connectivity index is 1.50. The SMILES string of the molecule is C1CCCC(NCCCN2CCCC2)CCC1. The second kappa shape index (κ2) is 8.10. The van der Waals surface area contributed by atoms with E-state index in [1.165, 1.54) is 90.4 Å². The van der Waals surface area contributed by atoms with Gasteiger partial charge in [0.15, 0.2) is 0 Å². The van der Waals surface area contributed by atoms with Gasteiger partial charge in [0.25, 0.3) is 0 Å². The van der Waals surface area contributed by atoms with E-state index in [4.69, 9.17) is 0 Å². The van der Waals surface area contributed by atoms with Gasteiger partial charge in [-0.15, -0.1) is 0 Å². The van der Waals surface area contributed by atoms with Crippen LogP contribution in [0.4, 0.5) is 0 Å². The zero-order valence-electron chi connectivity index (χ0n) is 11.4. The Morgan fingerprint density at radius 3 is 2.18 bits per heavy atom. The van der Waals surface area contributed by atoms with Gasteiger partial charge in [-0.05, 0) is 58.3 Å². The lowest BCUT2D eigenvalue weighted by atomic mass is 9.97. The van der Waals surface area contributed by atoms with E-state index in [9.17, 15) is 0 Å². The number of likely N-dealkylation sites (tertiary alicyclic amines) is 1. The van der Waals surface area contributed by atoms with Gasteiger partial charge < -0.3 is 10.2 Å². The molecule has 1 heterocycles. The molecule has 2 nitrogen and oxygen atoms in total. The third-order valence-corrected chi connectivity index (χ3v) is 4.39. The smallest absolute Gasteiger partial charge is 0.00670 e. The maximum Gasteiger partial charge on any atom is 0.00670 e. The van der Waals surface area contributed by atoms with Crippen LogP contribution in [0.15, 0.2) is 0 Å². The van der Waals surface area contributed by atoms with Crippen LogP contribution in [-0.2, 0) is 0 Å². The van der Waals surface area contributed by atoms with Gasteiger partial charge in [-0.2, -0.15) is 0 Å². The molecule has 2 fully saturated rings. The highest BCUT2D eigenvalue weighted by Gasteiger charge is 2.12. The third-order valence-electron chi connectivity index (χ3n) is 4.39. The van der Waals surface area contributed by atoms with E-state index in [-0.39, 0.29) is 0 Å². The quantitative estimate of drug-likeness (QED) is 0.740. The molecular weight excluding hydrogens is 208 g/mol. The van der Waals surface area contributed by atoms with E-state index in [1.54, 1.807) is 0 Å². The van der Waals surface area contributed by atoms with Crippen LogP contribution in [-0.4, -0.2) is 37.1 Å². The Labute approximate surface area is 107 Å². The van der Waals surface area contributed by atoms with Crippen molar-refractivity contribution in [2.24, 2.45) is 0 Å². The molecule has 0 amide bonds. The minimum Gasteiger partial charge on any atom is -0.314 e. The molecule has 0 aromatic heterocycles. The minimum atomic E-state index is 0.828. The van der Waals surface area contributed by atoms with Gasteiger partial charge in [0.05, 0.1) is 0 Å². The number of nitrogens with zero attached hydrogens (tertiary/aromatic N) is 1. The molecule has 2 rings (SSSR count). The molecule has 0 unspecified atom stereocenters. The number of rotatable bonds is 5. The van der Waals surface area contributed by atoms with Crippen LogP contribution < -0.4 is 5.32 Å². The van der Waals surface area contributed by atoms with Gasteiger partial charge in [-0.3, -0.25) is 0 Å². The highest BCUT2D eigenvalue weighted by Crippen LogP contribution is 2.17. The van der Waals surface area contributed by atoms with Crippen molar-refractivity contribution in [3.63, 3.8) is 0 Å². The van der Waals surface area contributed by atoms with Gasteiger partial charge in [0.1, 0.15) is 0 Å². The van der Waals surface area contributed by atoms with Crippen molar-refractivity contribution in [2.45, 2.75) is 70.3 Å². The van der Waals surface area contributed by atoms with Gasteiger partial charge in [-0.25, -0.2) is 0 Å². The molecule has 1 saturated heterocycles. The van der Waals surface area contributed by atoms with Gasteiger partial charge in [0.2, 0.25) is 0 Å². The summed E-state index contributed by atoms with van der Waals surface area (Å²) in [5, 5.41) is 3.79. The zero-order chi connectivity index (χ0) is 11.8. The van der Waals surface area contributed by atoms with Crippen LogP contribution in [0.1, 0.15) is 64.2 Å². The molecule has 17 heavy (non-hydrogen) atoms. The Morgan fingerprint density at radius 2 is 1.47 bits per heavy atom. The lowest BCUT2D eigenvalue weighted by Crippen LogP contribution is -2.32. The molecule has 1 aliphatic heterocycles. The fourth-order valence-electron chi connectivity index (χ4n) is 3.28. The summed E-state index contributed by atoms with van der Waals surface area (Å²) in [6, 6.07) is 0.828. The number of hydrogen-bond acceptors (Lipinski definition) is 2. The Morgan fingerprint density at radius 1 is 0.824 bits per heavy atom. The van der Waals surface area contributed by atoms with E-state index in [1.807, 2.05) is 0 Å². The van der Waals surface area contributed by atoms with Crippen molar-refractivity contribution in [3.05, 3.63) is 0 Å². The summed E-state index contributed by atoms with van der Waals surface area (Å²) in [5.41, 5.74) is 0. The largest absolute Gasteiger partial charge is 0.314 e. The van der Waals surface area contributed by atoms with Gasteiger partial charge in [0, 0.05) is 6.04 Å². The first-order chi connectivity index (χ1) is 8.45. The van der Waals surface area contributed by atoms with E-state index >= 15 is 0 Å². The molecule has 100 valence electrons. The molecule has 1 aliphatic carbocycles. The maximum absolute atomic E-state index is 3.79. The summed E-state index contributed by atoms with van der Waals surface area (Å²) < 4.78 is 0. The lowest BCUT2D eigenvalue weighted by Gasteiger charge is -2.22. The van der Waals surface area contributed by atoms with E-state index in [0.29, 0.717) is 0 Å². The Bertz CT molecular complexity index is 179. The molecule has 1 N–H and O–H groups in total. The van der Waals surface area contributed by atoms with Crippen LogP contribution in [0.25, 0.3) is 0 Å². The van der Waals surface area contributed by atoms with Crippen LogP contribution in [0.3, 0.4) is 0 Å². The molecular formula is C15H30N2. The first-order valence-corrected chi connectivity index (χ1v) is 7.91. The first-order valence-electron chi connectivity index (χ1n) is 7.91. The van der Waals surface area contributed by atoms with Crippen molar-refractivity contribution < 1.29 is 0 Å². The summed E-state index contributed by atoms with van der Waals surface area (Å²) >= 11 is 0. The molecule has 0 aromatic carbocycles. The number of hydrogen-bond donors (Lipinski definition) is 1. The van der Waals surface area contributed by atoms with E-state index in [0.717, 1.165) is 6.04 Å². The fraction of sp³-hybridized carbons (Fsp3) is 1.00. The summed E-state index contributed by atoms with van der Waals surface area (Å²) in [6.07, 6.45) is 14.3. The van der Waals surface area contributed by atoms with Crippen LogP contribution in [0, 0.1) is 0 Å². The number of nitrogens with one attached hydrogen (secondary N) is 1. The molecule has 0 aromatic rings. The van der Waals surface area contributed by atoms with Crippen molar-refractivity contribution >= 4 is 0 Å². The predicted octanol–water partition coefficient (Wildman–Crippen LogP) is 3.17. The molecule has 0 atom stereocenters. The van der Waals surface area contributed by atoms with Crippen LogP contribution in [0.5, 0.6) is 0 Å². The van der Waals surface area contributed by atoms with Crippen molar-refractivity contribution in [2.75, 3.05) is 26.2 Å². The van der Waals surface area contributed by atoms with Crippen LogP contribution >= 0.6 is 0 Å². The molecule has 2 aliphatic rings. The van der Waals surface area contributed by atoms with Crippen molar-refractivity contribution in [1.29, 1.82) is 0 Å². The molecule has 2 heteroatoms. The topological polar surface area (TPSA) is 15.3 Å². The Kier molecular flexibility index (Phi) is 6.36. The fourth-order valence-corrected chi connectivity index (χ4v) is 3.28. The normalized spacial score (nSPS) is 24.7. The molecule has 0 spiro atoms. The molecule has 1 saturated carbocycles. The predicted molar refractivity (Wildman–Crippen MR) is 74.4 cm³/mol. The summed E-state index contributed by atoms with van der Waals surface area (Å²) in [5.74, 6) is 0. The summed E-state index contributed by atoms with van der Waals surface area (Å²) in [7, 11) is 0. The van der Waals surface area contributed by atoms with Crippen molar-refractivity contribution in [1.82, 2.24) is 10.2 Å². The minimum absolute atomic E-state index is 0.828. The van der Waals surface area contributed by atoms with E-state index in [2.05, 4.69) is 10.2 Å². The lowest BCUT2D eigenvalue weighted by molar-refractivity contribution is 0.320. The van der Waals surface area contributed by atoms with Crippen LogP contribution in [0.2, 0.25) is 0 Å². The standard InChI is InChI=1S/C15H30N2/c1-2-4-9-15(10-5-3-1)16-11-8-14-17-12-6-7-13-17/h15-16H,1-14H2. The average Bonchev–Trinajstić information content (AvgIpc) is 2.79.